The fourth-order valence-electron chi connectivity index (χ4n) is 2.64. The van der Waals surface area contributed by atoms with E-state index in [2.05, 4.69) is 0 Å². The van der Waals surface area contributed by atoms with Crippen molar-refractivity contribution >= 4 is 29.7 Å². The molecule has 0 N–H and O–H groups in total. The molecule has 1 fully saturated rings. The van der Waals surface area contributed by atoms with Crippen LogP contribution in [0.1, 0.15) is 20.8 Å². The lowest BCUT2D eigenvalue weighted by Gasteiger charge is -2.36. The first-order valence-corrected chi connectivity index (χ1v) is 10.4. The van der Waals surface area contributed by atoms with Gasteiger partial charge in [0.2, 0.25) is 11.8 Å². The summed E-state index contributed by atoms with van der Waals surface area (Å²) >= 11 is 1.30. The summed E-state index contributed by atoms with van der Waals surface area (Å²) in [4.78, 5) is 42.2. The summed E-state index contributed by atoms with van der Waals surface area (Å²) in [5.41, 5.74) is -0.557. The molecule has 1 aliphatic heterocycles. The van der Waals surface area contributed by atoms with Gasteiger partial charge in [0.1, 0.15) is 11.4 Å². The van der Waals surface area contributed by atoms with E-state index < -0.39 is 5.60 Å². The molecule has 1 heterocycles. The van der Waals surface area contributed by atoms with Crippen molar-refractivity contribution in [3.8, 4) is 0 Å². The molecule has 0 bridgehead atoms. The first kappa shape index (κ1) is 23.0. The highest BCUT2D eigenvalue weighted by Crippen LogP contribution is 2.18. The molecule has 29 heavy (non-hydrogen) atoms. The molecule has 0 radical (unpaired) electrons. The standard InChI is InChI=1S/C20H28FN3O4S/c1-20(2,3)28-19(27)24-11-9-23(10-12-24)17(25)13-22(4)18(26)14-29-16-7-5-15(21)6-8-16/h5-8H,9-14H2,1-4H3. The molecule has 0 spiro atoms. The van der Waals surface area contributed by atoms with E-state index in [0.717, 1.165) is 4.90 Å². The molecule has 1 aliphatic rings. The van der Waals surface area contributed by atoms with Crippen molar-refractivity contribution in [1.29, 1.82) is 0 Å². The van der Waals surface area contributed by atoms with Gasteiger partial charge in [-0.2, -0.15) is 0 Å². The third kappa shape index (κ3) is 7.56. The summed E-state index contributed by atoms with van der Waals surface area (Å²) in [5, 5.41) is 0. The topological polar surface area (TPSA) is 70.2 Å². The van der Waals surface area contributed by atoms with Gasteiger partial charge in [-0.1, -0.05) is 0 Å². The number of benzene rings is 1. The fourth-order valence-corrected chi connectivity index (χ4v) is 3.48. The van der Waals surface area contributed by atoms with Gasteiger partial charge in [0, 0.05) is 38.1 Å². The van der Waals surface area contributed by atoms with E-state index in [0.29, 0.717) is 26.2 Å². The number of likely N-dealkylation sites (N-methyl/N-ethyl adjacent to an activating group) is 1. The van der Waals surface area contributed by atoms with Gasteiger partial charge in [0.15, 0.2) is 0 Å². The number of ether oxygens (including phenoxy) is 1. The summed E-state index contributed by atoms with van der Waals surface area (Å²) in [7, 11) is 1.59. The van der Waals surface area contributed by atoms with Gasteiger partial charge in [0.05, 0.1) is 12.3 Å². The molecule has 2 rings (SSSR count). The lowest BCUT2D eigenvalue weighted by Crippen LogP contribution is -2.53. The van der Waals surface area contributed by atoms with Crippen LogP contribution in [0, 0.1) is 5.82 Å². The minimum Gasteiger partial charge on any atom is -0.444 e. The van der Waals surface area contributed by atoms with Gasteiger partial charge in [-0.05, 0) is 45.0 Å². The Balaban J connectivity index is 1.74. The van der Waals surface area contributed by atoms with E-state index in [9.17, 15) is 18.8 Å². The smallest absolute Gasteiger partial charge is 0.410 e. The van der Waals surface area contributed by atoms with E-state index in [1.807, 2.05) is 20.8 Å². The Bertz CT molecular complexity index is 728. The van der Waals surface area contributed by atoms with Crippen LogP contribution >= 0.6 is 11.8 Å². The second-order valence-corrected chi connectivity index (χ2v) is 8.89. The average molecular weight is 426 g/mol. The molecule has 7 nitrogen and oxygen atoms in total. The molecule has 0 atom stereocenters. The molecule has 9 heteroatoms. The molecule has 0 aromatic heterocycles. The van der Waals surface area contributed by atoms with E-state index in [1.54, 1.807) is 29.0 Å². The maximum atomic E-state index is 12.9. The molecule has 3 amide bonds. The summed E-state index contributed by atoms with van der Waals surface area (Å²) in [6, 6.07) is 5.92. The van der Waals surface area contributed by atoms with Crippen molar-refractivity contribution in [2.24, 2.45) is 0 Å². The Morgan fingerprint density at radius 3 is 2.17 bits per heavy atom. The van der Waals surface area contributed by atoms with Crippen LogP contribution in [0.2, 0.25) is 0 Å². The largest absolute Gasteiger partial charge is 0.444 e. The van der Waals surface area contributed by atoms with Crippen molar-refractivity contribution in [3.63, 3.8) is 0 Å². The van der Waals surface area contributed by atoms with Crippen molar-refractivity contribution in [2.75, 3.05) is 45.5 Å². The van der Waals surface area contributed by atoms with Crippen LogP contribution in [0.3, 0.4) is 0 Å². The van der Waals surface area contributed by atoms with Crippen LogP contribution in [-0.4, -0.2) is 83.7 Å². The van der Waals surface area contributed by atoms with Gasteiger partial charge < -0.3 is 19.4 Å². The zero-order valence-electron chi connectivity index (χ0n) is 17.3. The van der Waals surface area contributed by atoms with E-state index in [4.69, 9.17) is 4.74 Å². The highest BCUT2D eigenvalue weighted by atomic mass is 32.2. The van der Waals surface area contributed by atoms with Crippen molar-refractivity contribution in [1.82, 2.24) is 14.7 Å². The SMILES string of the molecule is CN(CC(=O)N1CCN(C(=O)OC(C)(C)C)CC1)C(=O)CSc1ccc(F)cc1. The molecule has 1 saturated heterocycles. The summed E-state index contributed by atoms with van der Waals surface area (Å²) in [5.74, 6) is -0.492. The number of amides is 3. The lowest BCUT2D eigenvalue weighted by atomic mass is 10.2. The highest BCUT2D eigenvalue weighted by Gasteiger charge is 2.28. The molecule has 160 valence electrons. The normalized spacial score (nSPS) is 14.5. The van der Waals surface area contributed by atoms with Gasteiger partial charge >= 0.3 is 6.09 Å². The Kier molecular flexibility index (Phi) is 7.89. The number of hydrogen-bond donors (Lipinski definition) is 0. The maximum absolute atomic E-state index is 12.9. The molecule has 0 aliphatic carbocycles. The van der Waals surface area contributed by atoms with Gasteiger partial charge in [0.25, 0.3) is 0 Å². The lowest BCUT2D eigenvalue weighted by molar-refractivity contribution is -0.139. The van der Waals surface area contributed by atoms with Gasteiger partial charge in [-0.3, -0.25) is 9.59 Å². The second kappa shape index (κ2) is 9.96. The van der Waals surface area contributed by atoms with Crippen LogP contribution in [0.25, 0.3) is 0 Å². The fraction of sp³-hybridized carbons (Fsp3) is 0.550. The van der Waals surface area contributed by atoms with E-state index >= 15 is 0 Å². The van der Waals surface area contributed by atoms with Crippen LogP contribution in [0.15, 0.2) is 29.2 Å². The van der Waals surface area contributed by atoms with E-state index in [-0.39, 0.29) is 36.0 Å². The van der Waals surface area contributed by atoms with Crippen molar-refractivity contribution in [2.45, 2.75) is 31.3 Å². The van der Waals surface area contributed by atoms with E-state index in [1.165, 1.54) is 28.8 Å². The first-order valence-electron chi connectivity index (χ1n) is 9.43. The first-order chi connectivity index (χ1) is 13.5. The van der Waals surface area contributed by atoms with Crippen LogP contribution < -0.4 is 0 Å². The summed E-state index contributed by atoms with van der Waals surface area (Å²) in [6.45, 7) is 7.03. The number of halogens is 1. The summed E-state index contributed by atoms with van der Waals surface area (Å²) in [6.07, 6.45) is -0.380. The van der Waals surface area contributed by atoms with Crippen LogP contribution in [0.4, 0.5) is 9.18 Å². The molecule has 0 saturated carbocycles. The number of carbonyl (C=O) groups excluding carboxylic acids is 3. The van der Waals surface area contributed by atoms with Crippen LogP contribution in [-0.2, 0) is 14.3 Å². The number of rotatable bonds is 5. The van der Waals surface area contributed by atoms with Crippen molar-refractivity contribution < 1.29 is 23.5 Å². The quantitative estimate of drug-likeness (QED) is 0.678. The maximum Gasteiger partial charge on any atom is 0.410 e. The third-order valence-corrected chi connectivity index (χ3v) is 5.25. The Hall–Kier alpha value is -2.29. The Morgan fingerprint density at radius 1 is 1.07 bits per heavy atom. The zero-order valence-corrected chi connectivity index (χ0v) is 18.1. The molecular formula is C20H28FN3O4S. The monoisotopic (exact) mass is 425 g/mol. The molecule has 1 aromatic rings. The molecular weight excluding hydrogens is 397 g/mol. The number of thioether (sulfide) groups is 1. The molecule has 0 unspecified atom stereocenters. The summed E-state index contributed by atoms with van der Waals surface area (Å²) < 4.78 is 18.3. The zero-order chi connectivity index (χ0) is 21.6. The number of carbonyl (C=O) groups is 3. The second-order valence-electron chi connectivity index (χ2n) is 7.84. The predicted molar refractivity (Wildman–Crippen MR) is 109 cm³/mol. The van der Waals surface area contributed by atoms with Gasteiger partial charge in [-0.25, -0.2) is 9.18 Å². The Labute approximate surface area is 175 Å². The van der Waals surface area contributed by atoms with Crippen LogP contribution in [0.5, 0.6) is 0 Å². The number of nitrogens with zero attached hydrogens (tertiary/aromatic N) is 3. The molecule has 1 aromatic carbocycles. The minimum absolute atomic E-state index is 0.0186. The minimum atomic E-state index is -0.557. The average Bonchev–Trinajstić information content (AvgIpc) is 2.66. The van der Waals surface area contributed by atoms with Crippen molar-refractivity contribution in [3.05, 3.63) is 30.1 Å². The Morgan fingerprint density at radius 2 is 1.62 bits per heavy atom. The number of hydrogen-bond acceptors (Lipinski definition) is 5. The number of piperazine rings is 1. The predicted octanol–water partition coefficient (Wildman–Crippen LogP) is 2.46. The van der Waals surface area contributed by atoms with Gasteiger partial charge in [-0.15, -0.1) is 11.8 Å². The highest BCUT2D eigenvalue weighted by molar-refractivity contribution is 8.00. The third-order valence-electron chi connectivity index (χ3n) is 4.26.